The number of fused-ring (bicyclic) bond motifs is 1. The lowest BCUT2D eigenvalue weighted by Crippen LogP contribution is -2.56. The molecule has 0 saturated carbocycles. The fourth-order valence-corrected chi connectivity index (χ4v) is 4.98. The highest BCUT2D eigenvalue weighted by Gasteiger charge is 2.43. The predicted octanol–water partition coefficient (Wildman–Crippen LogP) is 3.76. The number of benzene rings is 3. The minimum atomic E-state index is -1.74. The molecule has 12 nitrogen and oxygen atoms in total. The van der Waals surface area contributed by atoms with E-state index in [-0.39, 0.29) is 44.2 Å². The lowest BCUT2D eigenvalue weighted by Gasteiger charge is -2.31. The zero-order chi connectivity index (χ0) is 30.7. The Balaban J connectivity index is 1.42. The second-order valence-electron chi connectivity index (χ2n) is 10.4. The molecule has 3 aromatic carbocycles. The highest BCUT2D eigenvalue weighted by atomic mass is 16.7. The van der Waals surface area contributed by atoms with Crippen molar-refractivity contribution in [2.24, 2.45) is 0 Å². The standard InChI is InChI=1S/C31H30N2O10/c1-18(33-25(36)12-13-26(33)37)43-29(38)31(2,32-30(39)40-16-19-6-4-3-5-7-19)15-21-8-10-22(28-27(21)41-17-42-28)20-9-11-23(34)24(35)14-20/h3-11,14,18,34-35H,12-13,15-17H2,1-2H3,(H,32,39)/t18?,31-/m0/s1. The summed E-state index contributed by atoms with van der Waals surface area (Å²) in [5.74, 6) is -1.77. The average Bonchev–Trinajstić information content (AvgIpc) is 3.61. The number of carbonyl (C=O) groups excluding carboxylic acids is 4. The van der Waals surface area contributed by atoms with Gasteiger partial charge in [0.1, 0.15) is 12.1 Å². The van der Waals surface area contributed by atoms with Gasteiger partial charge in [-0.05, 0) is 37.1 Å². The number of amides is 3. The Morgan fingerprint density at radius 2 is 1.67 bits per heavy atom. The Morgan fingerprint density at radius 3 is 2.37 bits per heavy atom. The molecule has 2 aliphatic heterocycles. The van der Waals surface area contributed by atoms with E-state index >= 15 is 0 Å². The van der Waals surface area contributed by atoms with Crippen molar-refractivity contribution >= 4 is 23.9 Å². The van der Waals surface area contributed by atoms with Gasteiger partial charge in [0.05, 0.1) is 0 Å². The molecule has 1 fully saturated rings. The van der Waals surface area contributed by atoms with Gasteiger partial charge in [0.2, 0.25) is 18.6 Å². The van der Waals surface area contributed by atoms with Crippen LogP contribution in [-0.4, -0.2) is 57.5 Å². The topological polar surface area (TPSA) is 161 Å². The van der Waals surface area contributed by atoms with Gasteiger partial charge in [-0.15, -0.1) is 0 Å². The van der Waals surface area contributed by atoms with E-state index in [1.54, 1.807) is 42.5 Å². The Morgan fingerprint density at radius 1 is 0.977 bits per heavy atom. The number of ether oxygens (including phenoxy) is 4. The number of likely N-dealkylation sites (tertiary alicyclic amines) is 1. The van der Waals surface area contributed by atoms with Crippen LogP contribution in [0.15, 0.2) is 60.7 Å². The molecule has 0 aliphatic carbocycles. The van der Waals surface area contributed by atoms with Crippen LogP contribution in [0.3, 0.4) is 0 Å². The van der Waals surface area contributed by atoms with E-state index in [9.17, 15) is 29.4 Å². The Bertz CT molecular complexity index is 1560. The molecule has 2 aliphatic rings. The monoisotopic (exact) mass is 590 g/mol. The van der Waals surface area contributed by atoms with Gasteiger partial charge in [-0.25, -0.2) is 14.5 Å². The van der Waals surface area contributed by atoms with Gasteiger partial charge in [-0.1, -0.05) is 48.5 Å². The van der Waals surface area contributed by atoms with Crippen LogP contribution in [0.1, 0.15) is 37.8 Å². The summed E-state index contributed by atoms with van der Waals surface area (Å²) >= 11 is 0. The number of imide groups is 1. The number of esters is 1. The molecule has 0 bridgehead atoms. The molecular weight excluding hydrogens is 560 g/mol. The van der Waals surface area contributed by atoms with E-state index in [1.165, 1.54) is 26.0 Å². The number of alkyl carbamates (subject to hydrolysis) is 1. The molecule has 0 radical (unpaired) electrons. The molecule has 5 rings (SSSR count). The van der Waals surface area contributed by atoms with Gasteiger partial charge in [0, 0.05) is 30.4 Å². The van der Waals surface area contributed by atoms with Crippen molar-refractivity contribution in [2.75, 3.05) is 6.79 Å². The van der Waals surface area contributed by atoms with Gasteiger partial charge in [0.15, 0.2) is 29.2 Å². The molecule has 3 N–H and O–H groups in total. The molecule has 1 unspecified atom stereocenters. The summed E-state index contributed by atoms with van der Waals surface area (Å²) in [6, 6.07) is 16.7. The minimum Gasteiger partial charge on any atom is -0.504 e. The third-order valence-corrected chi connectivity index (χ3v) is 7.20. The minimum absolute atomic E-state index is 0.0245. The Kier molecular flexibility index (Phi) is 8.11. The third kappa shape index (κ3) is 6.17. The van der Waals surface area contributed by atoms with Crippen molar-refractivity contribution in [2.45, 2.75) is 51.5 Å². The number of phenols is 2. The van der Waals surface area contributed by atoms with Crippen molar-refractivity contribution in [3.05, 3.63) is 71.8 Å². The number of phenolic OH excluding ortho intramolecular Hbond substituents is 2. The summed E-state index contributed by atoms with van der Waals surface area (Å²) < 4.78 is 22.4. The maximum atomic E-state index is 13.7. The van der Waals surface area contributed by atoms with Crippen LogP contribution in [0, 0.1) is 0 Å². The molecule has 2 heterocycles. The molecule has 0 aromatic heterocycles. The second kappa shape index (κ2) is 11.9. The third-order valence-electron chi connectivity index (χ3n) is 7.20. The fraction of sp³-hybridized carbons (Fsp3) is 0.290. The molecule has 224 valence electrons. The zero-order valence-corrected chi connectivity index (χ0v) is 23.5. The highest BCUT2D eigenvalue weighted by molar-refractivity contribution is 6.02. The summed E-state index contributed by atoms with van der Waals surface area (Å²) in [7, 11) is 0. The van der Waals surface area contributed by atoms with Crippen molar-refractivity contribution in [3.8, 4) is 34.1 Å². The fourth-order valence-electron chi connectivity index (χ4n) is 4.98. The van der Waals surface area contributed by atoms with E-state index in [0.29, 0.717) is 28.2 Å². The molecule has 3 amide bonds. The van der Waals surface area contributed by atoms with Gasteiger partial charge in [-0.3, -0.25) is 9.59 Å². The van der Waals surface area contributed by atoms with Crippen molar-refractivity contribution < 1.29 is 48.3 Å². The molecule has 3 aromatic rings. The number of hydrogen-bond donors (Lipinski definition) is 3. The molecule has 0 spiro atoms. The van der Waals surface area contributed by atoms with Crippen LogP contribution in [0.2, 0.25) is 0 Å². The molecular formula is C31H30N2O10. The van der Waals surface area contributed by atoms with Crippen molar-refractivity contribution in [1.82, 2.24) is 10.2 Å². The maximum absolute atomic E-state index is 13.7. The van der Waals surface area contributed by atoms with Crippen LogP contribution in [-0.2, 0) is 36.9 Å². The first-order valence-corrected chi connectivity index (χ1v) is 13.5. The number of hydrogen-bond acceptors (Lipinski definition) is 10. The summed E-state index contributed by atoms with van der Waals surface area (Å²) in [4.78, 5) is 51.9. The largest absolute Gasteiger partial charge is 0.504 e. The summed E-state index contributed by atoms with van der Waals surface area (Å²) in [6.45, 7) is 2.68. The quantitative estimate of drug-likeness (QED) is 0.190. The van der Waals surface area contributed by atoms with Crippen LogP contribution in [0.25, 0.3) is 11.1 Å². The van der Waals surface area contributed by atoms with E-state index in [2.05, 4.69) is 5.32 Å². The average molecular weight is 591 g/mol. The summed E-state index contributed by atoms with van der Waals surface area (Å²) in [5.41, 5.74) is 0.572. The van der Waals surface area contributed by atoms with Gasteiger partial charge in [-0.2, -0.15) is 0 Å². The zero-order valence-electron chi connectivity index (χ0n) is 23.5. The van der Waals surface area contributed by atoms with E-state index in [0.717, 1.165) is 10.5 Å². The lowest BCUT2D eigenvalue weighted by molar-refractivity contribution is -0.170. The first-order chi connectivity index (χ1) is 20.6. The lowest BCUT2D eigenvalue weighted by atomic mass is 9.90. The van der Waals surface area contributed by atoms with Crippen molar-refractivity contribution in [1.29, 1.82) is 0 Å². The maximum Gasteiger partial charge on any atom is 0.408 e. The van der Waals surface area contributed by atoms with E-state index in [4.69, 9.17) is 18.9 Å². The van der Waals surface area contributed by atoms with E-state index in [1.807, 2.05) is 6.07 Å². The number of rotatable bonds is 9. The number of nitrogens with one attached hydrogen (secondary N) is 1. The first-order valence-electron chi connectivity index (χ1n) is 13.5. The molecule has 1 saturated heterocycles. The number of carbonyl (C=O) groups is 4. The Hall–Kier alpha value is -5.26. The Labute approximate surface area is 246 Å². The molecule has 43 heavy (non-hydrogen) atoms. The van der Waals surface area contributed by atoms with Crippen LogP contribution in [0.5, 0.6) is 23.0 Å². The number of aromatic hydroxyl groups is 2. The SMILES string of the molecule is CC(OC(=O)[C@](C)(Cc1ccc(-c2ccc(O)c(O)c2)c2c1OCO2)NC(=O)OCc1ccccc1)N1C(=O)CCC1=O. The van der Waals surface area contributed by atoms with Crippen LogP contribution in [0.4, 0.5) is 4.79 Å². The predicted molar refractivity (Wildman–Crippen MR) is 150 cm³/mol. The van der Waals surface area contributed by atoms with Gasteiger partial charge < -0.3 is 34.5 Å². The smallest absolute Gasteiger partial charge is 0.408 e. The number of nitrogens with zero attached hydrogens (tertiary/aromatic N) is 1. The summed E-state index contributed by atoms with van der Waals surface area (Å²) in [5, 5.41) is 22.3. The van der Waals surface area contributed by atoms with Crippen LogP contribution >= 0.6 is 0 Å². The first kappa shape index (κ1) is 29.2. The summed E-state index contributed by atoms with van der Waals surface area (Å²) in [6.07, 6.45) is -2.19. The van der Waals surface area contributed by atoms with Crippen LogP contribution < -0.4 is 14.8 Å². The van der Waals surface area contributed by atoms with E-state index < -0.39 is 35.6 Å². The molecule has 12 heteroatoms. The van der Waals surface area contributed by atoms with Crippen molar-refractivity contribution in [3.63, 3.8) is 0 Å². The molecule has 2 atom stereocenters. The highest BCUT2D eigenvalue weighted by Crippen LogP contribution is 2.46. The second-order valence-corrected chi connectivity index (χ2v) is 10.4. The van der Waals surface area contributed by atoms with Gasteiger partial charge in [0.25, 0.3) is 0 Å². The van der Waals surface area contributed by atoms with Gasteiger partial charge >= 0.3 is 12.1 Å². The normalized spacial score (nSPS) is 16.0.